The molecule has 0 spiro atoms. The number of hydrogen-bond acceptors (Lipinski definition) is 1. The zero-order valence-corrected chi connectivity index (χ0v) is 13.2. The summed E-state index contributed by atoms with van der Waals surface area (Å²) in [4.78, 5) is 0. The van der Waals surface area contributed by atoms with Crippen LogP contribution in [-0.2, 0) is 0 Å². The first kappa shape index (κ1) is 18.1. The van der Waals surface area contributed by atoms with Crippen LogP contribution in [0.3, 0.4) is 0 Å². The van der Waals surface area contributed by atoms with E-state index < -0.39 is 0 Å². The van der Waals surface area contributed by atoms with Gasteiger partial charge in [0.25, 0.3) is 0 Å². The first-order valence-electron chi connectivity index (χ1n) is 7.46. The van der Waals surface area contributed by atoms with E-state index in [2.05, 4.69) is 52.2 Å². The third kappa shape index (κ3) is 6.74. The Kier molecular flexibility index (Phi) is 8.70. The maximum absolute atomic E-state index is 2.32. The largest absolute Gasteiger partial charge is 0.870 e. The highest BCUT2D eigenvalue weighted by Gasteiger charge is 2.17. The van der Waals surface area contributed by atoms with Crippen molar-refractivity contribution in [2.75, 3.05) is 20.6 Å². The fourth-order valence-electron chi connectivity index (χ4n) is 2.36. The molecule has 1 rings (SSSR count). The zero-order chi connectivity index (χ0) is 13.4. The second-order valence-corrected chi connectivity index (χ2v) is 6.01. The first-order chi connectivity index (χ1) is 8.56. The summed E-state index contributed by atoms with van der Waals surface area (Å²) >= 11 is 0. The number of hydrogen-bond donors (Lipinski definition) is 0. The fourth-order valence-corrected chi connectivity index (χ4v) is 2.36. The summed E-state index contributed by atoms with van der Waals surface area (Å²) in [6, 6.07) is 8.98. The van der Waals surface area contributed by atoms with Gasteiger partial charge in [-0.2, -0.15) is 0 Å². The molecule has 0 aliphatic heterocycles. The third-order valence-electron chi connectivity index (χ3n) is 3.80. The van der Waals surface area contributed by atoms with Crippen LogP contribution in [0, 0.1) is 6.92 Å². The summed E-state index contributed by atoms with van der Waals surface area (Å²) in [6.45, 7) is 5.67. The molecule has 0 saturated carbocycles. The lowest BCUT2D eigenvalue weighted by molar-refractivity contribution is 0.381. The first-order valence-corrected chi connectivity index (χ1v) is 7.46. The van der Waals surface area contributed by atoms with Gasteiger partial charge in [-0.15, -0.1) is 0 Å². The molecule has 1 aromatic rings. The van der Waals surface area contributed by atoms with Crippen molar-refractivity contribution in [2.45, 2.75) is 52.4 Å². The average Bonchev–Trinajstić information content (AvgIpc) is 2.34. The van der Waals surface area contributed by atoms with E-state index in [1.54, 1.807) is 0 Å². The third-order valence-corrected chi connectivity index (χ3v) is 3.80. The Balaban J connectivity index is 0.00000324. The number of rotatable bonds is 8. The van der Waals surface area contributed by atoms with Gasteiger partial charge in [-0.1, -0.05) is 50.3 Å². The van der Waals surface area contributed by atoms with Crippen molar-refractivity contribution in [3.05, 3.63) is 29.8 Å². The molecule has 0 unspecified atom stereocenters. The maximum atomic E-state index is 2.32. The lowest BCUT2D eigenvalue weighted by Crippen LogP contribution is -2.41. The Bertz CT molecular complexity index is 330. The van der Waals surface area contributed by atoms with Crippen LogP contribution < -0.4 is 4.48 Å². The van der Waals surface area contributed by atoms with Gasteiger partial charge in [0.1, 0.15) is 5.69 Å². The minimum atomic E-state index is 0. The van der Waals surface area contributed by atoms with Crippen LogP contribution in [0.15, 0.2) is 24.3 Å². The Morgan fingerprint density at radius 1 is 0.842 bits per heavy atom. The topological polar surface area (TPSA) is 30.0 Å². The molecule has 0 aliphatic rings. The Hall–Kier alpha value is -0.860. The van der Waals surface area contributed by atoms with Gasteiger partial charge >= 0.3 is 0 Å². The molecule has 0 radical (unpaired) electrons. The van der Waals surface area contributed by atoms with E-state index >= 15 is 0 Å². The highest BCUT2D eigenvalue weighted by atomic mass is 16.0. The van der Waals surface area contributed by atoms with Gasteiger partial charge in [-0.05, 0) is 31.9 Å². The molecule has 2 nitrogen and oxygen atoms in total. The SMILES string of the molecule is CCCCCCCC[N+](C)(C)c1ccc(C)cc1.[OH-]. The minimum Gasteiger partial charge on any atom is -0.870 e. The van der Waals surface area contributed by atoms with Crippen LogP contribution in [0.25, 0.3) is 0 Å². The standard InChI is InChI=1S/C17H30N.H2O/c1-5-6-7-8-9-10-15-18(3,4)17-13-11-16(2)12-14-17;/h11-14H,5-10,15H2,1-4H3;1H2/q+1;/p-1. The van der Waals surface area contributed by atoms with E-state index in [0.717, 1.165) is 4.48 Å². The number of benzene rings is 1. The van der Waals surface area contributed by atoms with Crippen LogP contribution >= 0.6 is 0 Å². The van der Waals surface area contributed by atoms with Crippen molar-refractivity contribution < 1.29 is 5.48 Å². The minimum absolute atomic E-state index is 0. The van der Waals surface area contributed by atoms with E-state index in [9.17, 15) is 0 Å². The zero-order valence-electron chi connectivity index (χ0n) is 13.2. The van der Waals surface area contributed by atoms with Crippen LogP contribution in [-0.4, -0.2) is 26.1 Å². The van der Waals surface area contributed by atoms with E-state index in [4.69, 9.17) is 0 Å². The van der Waals surface area contributed by atoms with Gasteiger partial charge in [-0.25, -0.2) is 0 Å². The van der Waals surface area contributed by atoms with E-state index in [1.807, 2.05) is 0 Å². The lowest BCUT2D eigenvalue weighted by Gasteiger charge is -2.29. The second kappa shape index (κ2) is 9.11. The van der Waals surface area contributed by atoms with Crippen molar-refractivity contribution in [3.8, 4) is 0 Å². The maximum Gasteiger partial charge on any atom is 0.132 e. The predicted octanol–water partition coefficient (Wildman–Crippen LogP) is 4.75. The molecular formula is C17H31NO. The summed E-state index contributed by atoms with van der Waals surface area (Å²) < 4.78 is 1.01. The molecule has 2 heteroatoms. The van der Waals surface area contributed by atoms with Crippen LogP contribution in [0.2, 0.25) is 0 Å². The van der Waals surface area contributed by atoms with Crippen LogP contribution in [0.5, 0.6) is 0 Å². The smallest absolute Gasteiger partial charge is 0.132 e. The molecule has 1 aromatic carbocycles. The van der Waals surface area contributed by atoms with E-state index in [0.29, 0.717) is 0 Å². The molecule has 0 fully saturated rings. The summed E-state index contributed by atoms with van der Waals surface area (Å²) in [5, 5.41) is 0. The molecule has 0 heterocycles. The van der Waals surface area contributed by atoms with Gasteiger partial charge in [0.05, 0.1) is 20.6 Å². The van der Waals surface area contributed by atoms with E-state index in [-0.39, 0.29) is 5.48 Å². The molecule has 0 aliphatic carbocycles. The molecule has 0 atom stereocenters. The number of aryl methyl sites for hydroxylation is 1. The Labute approximate surface area is 119 Å². The van der Waals surface area contributed by atoms with Crippen LogP contribution in [0.4, 0.5) is 5.69 Å². The number of quaternary nitrogens is 1. The van der Waals surface area contributed by atoms with Gasteiger partial charge < -0.3 is 5.48 Å². The molecule has 19 heavy (non-hydrogen) atoms. The Morgan fingerprint density at radius 3 is 1.95 bits per heavy atom. The van der Waals surface area contributed by atoms with Crippen molar-refractivity contribution >= 4 is 5.69 Å². The van der Waals surface area contributed by atoms with Gasteiger partial charge in [0.15, 0.2) is 0 Å². The second-order valence-electron chi connectivity index (χ2n) is 6.01. The number of nitrogens with zero attached hydrogens (tertiary/aromatic N) is 1. The molecule has 0 saturated heterocycles. The highest BCUT2D eigenvalue weighted by Crippen LogP contribution is 2.20. The normalized spacial score (nSPS) is 11.2. The predicted molar refractivity (Wildman–Crippen MR) is 85.0 cm³/mol. The van der Waals surface area contributed by atoms with Crippen molar-refractivity contribution in [2.24, 2.45) is 0 Å². The van der Waals surface area contributed by atoms with Gasteiger partial charge in [0.2, 0.25) is 0 Å². The molecule has 110 valence electrons. The van der Waals surface area contributed by atoms with Crippen LogP contribution in [0.1, 0.15) is 51.0 Å². The summed E-state index contributed by atoms with van der Waals surface area (Å²) in [5.74, 6) is 0. The highest BCUT2D eigenvalue weighted by molar-refractivity contribution is 5.42. The van der Waals surface area contributed by atoms with E-state index in [1.165, 1.54) is 56.3 Å². The quantitative estimate of drug-likeness (QED) is 0.493. The Morgan fingerprint density at radius 2 is 1.37 bits per heavy atom. The van der Waals surface area contributed by atoms with Crippen molar-refractivity contribution in [1.29, 1.82) is 0 Å². The van der Waals surface area contributed by atoms with Crippen molar-refractivity contribution in [1.82, 2.24) is 4.48 Å². The monoisotopic (exact) mass is 265 g/mol. The average molecular weight is 265 g/mol. The lowest BCUT2D eigenvalue weighted by atomic mass is 10.1. The molecule has 1 N–H and O–H groups in total. The number of unbranched alkanes of at least 4 members (excludes halogenated alkanes) is 5. The molecule has 0 aromatic heterocycles. The summed E-state index contributed by atoms with van der Waals surface area (Å²) in [7, 11) is 4.63. The van der Waals surface area contributed by atoms with Gasteiger partial charge in [0, 0.05) is 0 Å². The molecular weight excluding hydrogens is 234 g/mol. The fraction of sp³-hybridized carbons (Fsp3) is 0.647. The van der Waals surface area contributed by atoms with Crippen molar-refractivity contribution in [3.63, 3.8) is 0 Å². The molecule has 0 amide bonds. The summed E-state index contributed by atoms with van der Waals surface area (Å²) in [5.41, 5.74) is 2.77. The summed E-state index contributed by atoms with van der Waals surface area (Å²) in [6.07, 6.45) is 8.27. The molecule has 0 bridgehead atoms. The van der Waals surface area contributed by atoms with Gasteiger partial charge in [-0.3, -0.25) is 4.48 Å².